The van der Waals surface area contributed by atoms with Gasteiger partial charge in [0, 0.05) is 31.8 Å². The number of Topliss-reactive ketones (excluding diaryl/α,β-unsaturated/α-hetero) is 1. The molecule has 0 radical (unpaired) electrons. The van der Waals surface area contributed by atoms with E-state index >= 15 is 0 Å². The topological polar surface area (TPSA) is 64.3 Å². The molecule has 0 bridgehead atoms. The number of rotatable bonds is 2. The normalized spacial score (nSPS) is 19.5. The Kier molecular flexibility index (Phi) is 4.13. The number of nitrogens with zero attached hydrogens (tertiary/aromatic N) is 3. The summed E-state index contributed by atoms with van der Waals surface area (Å²) in [6.45, 7) is 4.06. The average molecular weight is 415 g/mol. The van der Waals surface area contributed by atoms with Crippen LogP contribution in [0.15, 0.2) is 63.7 Å². The van der Waals surface area contributed by atoms with Gasteiger partial charge in [0.15, 0.2) is 5.78 Å². The molecule has 6 nitrogen and oxygen atoms in total. The first-order valence-electron chi connectivity index (χ1n) is 10.5. The lowest BCUT2D eigenvalue weighted by Crippen LogP contribution is -2.37. The van der Waals surface area contributed by atoms with Crippen LogP contribution in [-0.2, 0) is 4.79 Å². The van der Waals surface area contributed by atoms with Gasteiger partial charge in [-0.2, -0.15) is 0 Å². The van der Waals surface area contributed by atoms with Crippen LogP contribution in [0.1, 0.15) is 38.3 Å². The van der Waals surface area contributed by atoms with Crippen molar-refractivity contribution in [3.63, 3.8) is 0 Å². The number of aromatic nitrogens is 2. The molecule has 1 aromatic heterocycles. The molecule has 3 aromatic rings. The lowest BCUT2D eigenvalue weighted by molar-refractivity contribution is -0.118. The van der Waals surface area contributed by atoms with Crippen LogP contribution in [0.25, 0.3) is 16.5 Å². The van der Waals surface area contributed by atoms with Gasteiger partial charge >= 0.3 is 0 Å². The Morgan fingerprint density at radius 3 is 2.10 bits per heavy atom. The summed E-state index contributed by atoms with van der Waals surface area (Å²) >= 11 is 0. The second kappa shape index (κ2) is 6.54. The highest BCUT2D eigenvalue weighted by Gasteiger charge is 2.44. The largest absolute Gasteiger partial charge is 0.378 e. The Morgan fingerprint density at radius 2 is 1.48 bits per heavy atom. The van der Waals surface area contributed by atoms with Gasteiger partial charge in [0.1, 0.15) is 6.04 Å². The lowest BCUT2D eigenvalue weighted by atomic mass is 9.74. The van der Waals surface area contributed by atoms with Gasteiger partial charge < -0.3 is 4.90 Å². The maximum atomic E-state index is 13.6. The Hall–Kier alpha value is -3.41. The van der Waals surface area contributed by atoms with Crippen LogP contribution in [-0.4, -0.2) is 29.2 Å². The smallest absolute Gasteiger partial charge is 0.277 e. The second-order valence-corrected chi connectivity index (χ2v) is 9.50. The maximum absolute atomic E-state index is 13.6. The van der Waals surface area contributed by atoms with Crippen molar-refractivity contribution in [2.75, 3.05) is 19.0 Å². The van der Waals surface area contributed by atoms with E-state index in [2.05, 4.69) is 0 Å². The van der Waals surface area contributed by atoms with Crippen LogP contribution >= 0.6 is 0 Å². The SMILES string of the molecule is CN(C)c1ccc(C2C3=C(CC(C)(C)CC3=O)n3c(=O)c4ccccc4c(=O)n32)cc1. The number of ketones is 1. The molecule has 5 rings (SSSR count). The molecule has 0 spiro atoms. The zero-order valence-corrected chi connectivity index (χ0v) is 18.2. The molecule has 0 fully saturated rings. The van der Waals surface area contributed by atoms with Crippen molar-refractivity contribution in [3.8, 4) is 0 Å². The van der Waals surface area contributed by atoms with E-state index in [0.29, 0.717) is 34.9 Å². The van der Waals surface area contributed by atoms with Crippen LogP contribution < -0.4 is 16.0 Å². The minimum absolute atomic E-state index is 0.00647. The summed E-state index contributed by atoms with van der Waals surface area (Å²) in [5.74, 6) is 0.00647. The fourth-order valence-corrected chi connectivity index (χ4v) is 4.95. The molecular weight excluding hydrogens is 390 g/mol. The zero-order chi connectivity index (χ0) is 22.1. The van der Waals surface area contributed by atoms with Crippen LogP contribution in [0.4, 0.5) is 5.69 Å². The van der Waals surface area contributed by atoms with E-state index in [1.807, 2.05) is 57.1 Å². The molecule has 31 heavy (non-hydrogen) atoms. The highest BCUT2D eigenvalue weighted by Crippen LogP contribution is 2.46. The summed E-state index contributed by atoms with van der Waals surface area (Å²) in [4.78, 5) is 42.4. The minimum Gasteiger partial charge on any atom is -0.378 e. The van der Waals surface area contributed by atoms with E-state index in [4.69, 9.17) is 0 Å². The van der Waals surface area contributed by atoms with E-state index in [1.54, 1.807) is 24.3 Å². The molecule has 0 N–H and O–H groups in total. The molecule has 1 aliphatic heterocycles. The number of carbonyl (C=O) groups excluding carboxylic acids is 1. The molecule has 2 aromatic carbocycles. The Morgan fingerprint density at radius 1 is 0.871 bits per heavy atom. The van der Waals surface area contributed by atoms with Crippen molar-refractivity contribution in [2.45, 2.75) is 32.7 Å². The van der Waals surface area contributed by atoms with E-state index in [0.717, 1.165) is 11.3 Å². The van der Waals surface area contributed by atoms with Gasteiger partial charge in [0.25, 0.3) is 11.1 Å². The molecule has 1 aliphatic carbocycles. The molecular formula is C25H25N3O3. The van der Waals surface area contributed by atoms with Gasteiger partial charge in [-0.25, -0.2) is 9.36 Å². The molecule has 1 atom stereocenters. The highest BCUT2D eigenvalue weighted by atomic mass is 16.2. The average Bonchev–Trinajstić information content (AvgIpc) is 3.06. The van der Waals surface area contributed by atoms with Gasteiger partial charge in [-0.1, -0.05) is 38.1 Å². The standard InChI is InChI=1S/C25H25N3O3/c1-25(2)13-19-21(20(29)14-25)22(15-9-11-16(12-10-15)26(3)4)28-24(31)18-8-6-5-7-17(18)23(30)27(19)28/h5-12,22H,13-14H2,1-4H3. The van der Waals surface area contributed by atoms with Crippen molar-refractivity contribution in [1.29, 1.82) is 0 Å². The summed E-state index contributed by atoms with van der Waals surface area (Å²) in [5.41, 5.74) is 2.31. The summed E-state index contributed by atoms with van der Waals surface area (Å²) in [5, 5.41) is 0.764. The molecule has 0 saturated carbocycles. The van der Waals surface area contributed by atoms with Gasteiger partial charge in [-0.3, -0.25) is 14.4 Å². The number of hydrogen-bond acceptors (Lipinski definition) is 4. The van der Waals surface area contributed by atoms with Gasteiger partial charge in [-0.15, -0.1) is 0 Å². The predicted octanol–water partition coefficient (Wildman–Crippen LogP) is 3.43. The molecule has 0 saturated heterocycles. The molecule has 6 heteroatoms. The fourth-order valence-electron chi connectivity index (χ4n) is 4.95. The van der Waals surface area contributed by atoms with E-state index in [9.17, 15) is 14.4 Å². The maximum Gasteiger partial charge on any atom is 0.277 e. The third-order valence-electron chi connectivity index (χ3n) is 6.40. The number of fused-ring (bicyclic) bond motifs is 3. The Balaban J connectivity index is 1.86. The monoisotopic (exact) mass is 415 g/mol. The Labute approximate surface area is 180 Å². The summed E-state index contributed by atoms with van der Waals surface area (Å²) < 4.78 is 2.97. The first-order chi connectivity index (χ1) is 14.7. The first-order valence-corrected chi connectivity index (χ1v) is 10.5. The lowest BCUT2D eigenvalue weighted by Gasteiger charge is -2.30. The van der Waals surface area contributed by atoms with Gasteiger partial charge in [-0.05, 0) is 41.7 Å². The van der Waals surface area contributed by atoms with Crippen molar-refractivity contribution < 1.29 is 4.79 Å². The van der Waals surface area contributed by atoms with Crippen molar-refractivity contribution >= 4 is 27.9 Å². The summed E-state index contributed by atoms with van der Waals surface area (Å²) in [6.07, 6.45) is 0.965. The minimum atomic E-state index is -0.598. The summed E-state index contributed by atoms with van der Waals surface area (Å²) in [7, 11) is 3.92. The zero-order valence-electron chi connectivity index (χ0n) is 18.2. The van der Waals surface area contributed by atoms with Crippen LogP contribution in [0, 0.1) is 5.41 Å². The van der Waals surface area contributed by atoms with E-state index < -0.39 is 6.04 Å². The predicted molar refractivity (Wildman–Crippen MR) is 123 cm³/mol. The third-order valence-corrected chi connectivity index (χ3v) is 6.40. The summed E-state index contributed by atoms with van der Waals surface area (Å²) in [6, 6.07) is 14.1. The highest BCUT2D eigenvalue weighted by molar-refractivity contribution is 6.04. The number of anilines is 1. The molecule has 158 valence electrons. The van der Waals surface area contributed by atoms with Crippen molar-refractivity contribution in [2.24, 2.45) is 5.41 Å². The van der Waals surface area contributed by atoms with Crippen LogP contribution in [0.2, 0.25) is 0 Å². The van der Waals surface area contributed by atoms with Crippen LogP contribution in [0.3, 0.4) is 0 Å². The quantitative estimate of drug-likeness (QED) is 0.643. The van der Waals surface area contributed by atoms with Crippen molar-refractivity contribution in [1.82, 2.24) is 9.36 Å². The Bertz CT molecular complexity index is 1390. The molecule has 2 aliphatic rings. The number of benzene rings is 2. The molecule has 2 heterocycles. The van der Waals surface area contributed by atoms with Crippen molar-refractivity contribution in [3.05, 3.63) is 80.4 Å². The van der Waals surface area contributed by atoms with Gasteiger partial charge in [0.05, 0.1) is 16.5 Å². The molecule has 0 amide bonds. The molecule has 1 unspecified atom stereocenters. The van der Waals surface area contributed by atoms with E-state index in [-0.39, 0.29) is 22.3 Å². The number of allylic oxidation sites excluding steroid dienone is 2. The fraction of sp³-hybridized carbons (Fsp3) is 0.320. The van der Waals surface area contributed by atoms with Gasteiger partial charge in [0.2, 0.25) is 0 Å². The number of carbonyl (C=O) groups is 1. The first kappa shape index (κ1) is 19.5. The van der Waals surface area contributed by atoms with Crippen LogP contribution in [0.5, 0.6) is 0 Å². The third kappa shape index (κ3) is 2.81. The number of hydrogen-bond donors (Lipinski definition) is 0. The van der Waals surface area contributed by atoms with E-state index in [1.165, 1.54) is 9.36 Å². The second-order valence-electron chi connectivity index (χ2n) is 9.50.